The lowest BCUT2D eigenvalue weighted by Gasteiger charge is -2.27. The Balaban J connectivity index is 2.46. The summed E-state index contributed by atoms with van der Waals surface area (Å²) in [4.78, 5) is 1.82. The van der Waals surface area contributed by atoms with Crippen LogP contribution in [0, 0.1) is 0 Å². The highest BCUT2D eigenvalue weighted by atomic mass is 79.9. The molecule has 0 aliphatic rings. The van der Waals surface area contributed by atoms with Crippen LogP contribution in [0.1, 0.15) is 13.8 Å². The molecule has 3 atom stereocenters. The Labute approximate surface area is 134 Å². The summed E-state index contributed by atoms with van der Waals surface area (Å²) in [6.45, 7) is 4.64. The molecule has 0 heterocycles. The van der Waals surface area contributed by atoms with Crippen molar-refractivity contribution in [1.82, 2.24) is 4.90 Å². The third-order valence-corrected chi connectivity index (χ3v) is 3.44. The van der Waals surface area contributed by atoms with Crippen LogP contribution in [0.2, 0.25) is 0 Å². The summed E-state index contributed by atoms with van der Waals surface area (Å²) in [6.07, 6.45) is -1.73. The van der Waals surface area contributed by atoms with E-state index in [1.54, 1.807) is 13.8 Å². The van der Waals surface area contributed by atoms with E-state index in [9.17, 15) is 15.3 Å². The second kappa shape index (κ2) is 9.38. The second-order valence-electron chi connectivity index (χ2n) is 5.31. The normalized spacial score (nSPS) is 15.8. The molecule has 0 fully saturated rings. The van der Waals surface area contributed by atoms with Gasteiger partial charge in [-0.2, -0.15) is 0 Å². The van der Waals surface area contributed by atoms with Gasteiger partial charge < -0.3 is 20.1 Å². The van der Waals surface area contributed by atoms with E-state index in [-0.39, 0.29) is 6.61 Å². The average Bonchev–Trinajstić information content (AvgIpc) is 2.36. The van der Waals surface area contributed by atoms with E-state index < -0.39 is 18.3 Å². The Hall–Kier alpha value is -0.660. The van der Waals surface area contributed by atoms with E-state index in [1.807, 2.05) is 29.2 Å². The molecule has 0 saturated carbocycles. The fraction of sp³-hybridized carbons (Fsp3) is 0.600. The number of aliphatic hydroxyl groups is 3. The highest BCUT2D eigenvalue weighted by Crippen LogP contribution is 2.23. The Bertz CT molecular complexity index is 404. The number of aliphatic hydroxyl groups excluding tert-OH is 3. The summed E-state index contributed by atoms with van der Waals surface area (Å²) < 4.78 is 6.40. The second-order valence-corrected chi connectivity index (χ2v) is 6.17. The van der Waals surface area contributed by atoms with Gasteiger partial charge >= 0.3 is 0 Å². The van der Waals surface area contributed by atoms with Crippen molar-refractivity contribution in [3.63, 3.8) is 0 Å². The molecular weight excluding hydrogens is 338 g/mol. The SMILES string of the molecule is C[C@H](O)CN(C[C@@H](O)COc1ccccc1Br)C[C@@H](C)O. The highest BCUT2D eigenvalue weighted by molar-refractivity contribution is 9.10. The fourth-order valence-electron chi connectivity index (χ4n) is 2.07. The molecule has 6 heteroatoms. The van der Waals surface area contributed by atoms with Crippen LogP contribution in [0.15, 0.2) is 28.7 Å². The van der Waals surface area contributed by atoms with Crippen LogP contribution in [0.3, 0.4) is 0 Å². The molecule has 21 heavy (non-hydrogen) atoms. The van der Waals surface area contributed by atoms with Crippen LogP contribution < -0.4 is 4.74 Å². The van der Waals surface area contributed by atoms with Gasteiger partial charge in [0.25, 0.3) is 0 Å². The molecule has 0 aromatic heterocycles. The molecule has 0 aliphatic carbocycles. The number of nitrogens with zero attached hydrogens (tertiary/aromatic N) is 1. The van der Waals surface area contributed by atoms with Gasteiger partial charge in [-0.15, -0.1) is 0 Å². The van der Waals surface area contributed by atoms with Crippen LogP contribution in [-0.4, -0.2) is 64.8 Å². The minimum atomic E-state index is -0.699. The van der Waals surface area contributed by atoms with Crippen LogP contribution in [0.5, 0.6) is 5.75 Å². The lowest BCUT2D eigenvalue weighted by Crippen LogP contribution is -2.42. The molecule has 0 unspecified atom stereocenters. The first-order valence-electron chi connectivity index (χ1n) is 7.02. The van der Waals surface area contributed by atoms with Gasteiger partial charge in [0.05, 0.1) is 16.7 Å². The van der Waals surface area contributed by atoms with Gasteiger partial charge in [0.1, 0.15) is 18.5 Å². The molecule has 0 amide bonds. The third kappa shape index (κ3) is 7.78. The lowest BCUT2D eigenvalue weighted by molar-refractivity contribution is 0.0299. The van der Waals surface area contributed by atoms with Crippen molar-refractivity contribution in [1.29, 1.82) is 0 Å². The minimum absolute atomic E-state index is 0.152. The van der Waals surface area contributed by atoms with Gasteiger partial charge in [0, 0.05) is 19.6 Å². The van der Waals surface area contributed by atoms with Crippen molar-refractivity contribution in [2.45, 2.75) is 32.2 Å². The van der Waals surface area contributed by atoms with Crippen LogP contribution >= 0.6 is 15.9 Å². The third-order valence-electron chi connectivity index (χ3n) is 2.78. The maximum atomic E-state index is 10.1. The zero-order chi connectivity index (χ0) is 15.8. The smallest absolute Gasteiger partial charge is 0.133 e. The number of para-hydroxylation sites is 1. The first-order valence-corrected chi connectivity index (χ1v) is 7.81. The number of ether oxygens (including phenoxy) is 1. The summed E-state index contributed by atoms with van der Waals surface area (Å²) in [5.74, 6) is 0.675. The maximum absolute atomic E-state index is 10.1. The van der Waals surface area contributed by atoms with E-state index in [0.29, 0.717) is 25.4 Å². The molecule has 0 radical (unpaired) electrons. The molecule has 5 nitrogen and oxygen atoms in total. The van der Waals surface area contributed by atoms with Gasteiger partial charge in [-0.05, 0) is 41.9 Å². The van der Waals surface area contributed by atoms with Crippen molar-refractivity contribution < 1.29 is 20.1 Å². The van der Waals surface area contributed by atoms with Gasteiger partial charge in [0.2, 0.25) is 0 Å². The molecule has 0 bridgehead atoms. The average molecular weight is 362 g/mol. The Morgan fingerprint density at radius 3 is 2.14 bits per heavy atom. The van der Waals surface area contributed by atoms with Gasteiger partial charge in [-0.1, -0.05) is 12.1 Å². The topological polar surface area (TPSA) is 73.2 Å². The van der Waals surface area contributed by atoms with Gasteiger partial charge in [-0.25, -0.2) is 0 Å². The highest BCUT2D eigenvalue weighted by Gasteiger charge is 2.16. The largest absolute Gasteiger partial charge is 0.490 e. The molecule has 3 N–H and O–H groups in total. The Morgan fingerprint density at radius 2 is 1.62 bits per heavy atom. The van der Waals surface area contributed by atoms with Crippen molar-refractivity contribution in [2.24, 2.45) is 0 Å². The van der Waals surface area contributed by atoms with E-state index >= 15 is 0 Å². The van der Waals surface area contributed by atoms with Crippen molar-refractivity contribution in [2.75, 3.05) is 26.2 Å². The predicted octanol–water partition coefficient (Wildman–Crippen LogP) is 1.25. The molecule has 1 aromatic rings. The van der Waals surface area contributed by atoms with Crippen molar-refractivity contribution in [3.05, 3.63) is 28.7 Å². The quantitative estimate of drug-likeness (QED) is 0.617. The minimum Gasteiger partial charge on any atom is -0.490 e. The molecule has 0 saturated heterocycles. The van der Waals surface area contributed by atoms with E-state index in [4.69, 9.17) is 4.74 Å². The van der Waals surface area contributed by atoms with Crippen molar-refractivity contribution in [3.8, 4) is 5.75 Å². The maximum Gasteiger partial charge on any atom is 0.133 e. The lowest BCUT2D eigenvalue weighted by atomic mass is 10.2. The van der Waals surface area contributed by atoms with Crippen molar-refractivity contribution >= 4 is 15.9 Å². The van der Waals surface area contributed by atoms with Crippen LogP contribution in [-0.2, 0) is 0 Å². The van der Waals surface area contributed by atoms with Gasteiger partial charge in [-0.3, -0.25) is 4.90 Å². The number of hydrogen-bond donors (Lipinski definition) is 3. The van der Waals surface area contributed by atoms with Crippen LogP contribution in [0.4, 0.5) is 0 Å². The Kier molecular flexibility index (Phi) is 8.21. The molecule has 1 rings (SSSR count). The summed E-state index contributed by atoms with van der Waals surface area (Å²) in [5.41, 5.74) is 0. The molecule has 0 aliphatic heterocycles. The zero-order valence-corrected chi connectivity index (χ0v) is 14.0. The molecular formula is C15H24BrNO4. The number of benzene rings is 1. The fourth-order valence-corrected chi connectivity index (χ4v) is 2.47. The number of hydrogen-bond acceptors (Lipinski definition) is 5. The Morgan fingerprint density at radius 1 is 1.05 bits per heavy atom. The van der Waals surface area contributed by atoms with E-state index in [1.165, 1.54) is 0 Å². The first-order chi connectivity index (χ1) is 9.88. The summed E-state index contributed by atoms with van der Waals surface area (Å²) in [7, 11) is 0. The van der Waals surface area contributed by atoms with Crippen LogP contribution in [0.25, 0.3) is 0 Å². The standard InChI is InChI=1S/C15H24BrNO4/c1-11(18)7-17(8-12(2)19)9-13(20)10-21-15-6-4-3-5-14(15)16/h3-6,11-13,18-20H,7-10H2,1-2H3/t11-,12+,13-/m1/s1. The number of halogens is 1. The molecule has 120 valence electrons. The number of rotatable bonds is 9. The van der Waals surface area contributed by atoms with Gasteiger partial charge in [0.15, 0.2) is 0 Å². The van der Waals surface area contributed by atoms with E-state index in [0.717, 1.165) is 4.47 Å². The van der Waals surface area contributed by atoms with E-state index in [2.05, 4.69) is 15.9 Å². The zero-order valence-electron chi connectivity index (χ0n) is 12.4. The monoisotopic (exact) mass is 361 g/mol. The molecule has 1 aromatic carbocycles. The summed E-state index contributed by atoms with van der Waals surface area (Å²) in [5, 5.41) is 29.0. The molecule has 0 spiro atoms. The first kappa shape index (κ1) is 18.4. The summed E-state index contributed by atoms with van der Waals surface area (Å²) >= 11 is 3.38. The summed E-state index contributed by atoms with van der Waals surface area (Å²) in [6, 6.07) is 7.44. The predicted molar refractivity (Wildman–Crippen MR) is 85.4 cm³/mol.